The Hall–Kier alpha value is 0.180. The summed E-state index contributed by atoms with van der Waals surface area (Å²) < 4.78 is 26.2. The van der Waals surface area contributed by atoms with Gasteiger partial charge in [-0.2, -0.15) is 9.25 Å². The van der Waals surface area contributed by atoms with Crippen molar-refractivity contribution in [1.29, 1.82) is 0 Å². The highest BCUT2D eigenvalue weighted by Gasteiger charge is 2.19. The predicted molar refractivity (Wildman–Crippen MR) is 36.1 cm³/mol. The third kappa shape index (κ3) is 12.8. The van der Waals surface area contributed by atoms with Crippen LogP contribution < -0.4 is 5.64 Å². The lowest BCUT2D eigenvalue weighted by Gasteiger charge is -2.05. The lowest BCUT2D eigenvalue weighted by molar-refractivity contribution is -0.0566. The predicted octanol–water partition coefficient (Wildman–Crippen LogP) is -0.739. The normalized spacial score (nSPS) is 12.3. The first-order chi connectivity index (χ1) is 4.71. The maximum absolute atomic E-state index is 9.79. The van der Waals surface area contributed by atoms with Gasteiger partial charge in [-0.3, -0.25) is 0 Å². The Morgan fingerprint density at radius 1 is 0.917 bits per heavy atom. The zero-order chi connectivity index (χ0) is 9.12. The summed E-state index contributed by atoms with van der Waals surface area (Å²) in [6.07, 6.45) is 0. The van der Waals surface area contributed by atoms with Gasteiger partial charge in [0.2, 0.25) is 0 Å². The Morgan fingerprint density at radius 2 is 1.17 bits per heavy atom. The molecule has 0 amide bonds. The van der Waals surface area contributed by atoms with Crippen molar-refractivity contribution in [3.63, 3.8) is 0 Å². The van der Waals surface area contributed by atoms with Gasteiger partial charge in [0, 0.05) is 0 Å². The van der Waals surface area contributed by atoms with Crippen molar-refractivity contribution in [1.82, 2.24) is 5.64 Å². The number of hydrogen-bond donors (Lipinski definition) is 5. The average molecular weight is 225 g/mol. The summed E-state index contributed by atoms with van der Waals surface area (Å²) in [7, 11) is -9.66. The monoisotopic (exact) mass is 225 g/mol. The van der Waals surface area contributed by atoms with Crippen LogP contribution in [0.5, 0.6) is 0 Å². The van der Waals surface area contributed by atoms with Gasteiger partial charge < -0.3 is 19.6 Å². The van der Waals surface area contributed by atoms with Crippen molar-refractivity contribution in [2.75, 3.05) is 0 Å². The summed E-state index contributed by atoms with van der Waals surface area (Å²) in [6, 6.07) is 0. The zero-order valence-electron chi connectivity index (χ0n) is 4.82. The maximum atomic E-state index is 9.79. The quantitative estimate of drug-likeness (QED) is 0.308. The van der Waals surface area contributed by atoms with E-state index in [0.717, 1.165) is 5.64 Å². The van der Waals surface area contributed by atoms with Gasteiger partial charge >= 0.3 is 15.6 Å². The molecule has 5 N–H and O–H groups in total. The minimum Gasteiger partial charge on any atom is -0.302 e. The summed E-state index contributed by atoms with van der Waals surface area (Å²) in [5.41, 5.74) is 0.939. The first-order valence-electron chi connectivity index (χ1n) is 1.94. The van der Waals surface area contributed by atoms with Crippen LogP contribution in [0.3, 0.4) is 0 Å². The lowest BCUT2D eigenvalue weighted by atomic mass is 12.0. The van der Waals surface area contributed by atoms with Crippen molar-refractivity contribution < 1.29 is 38.0 Å². The molecule has 11 heteroatoms. The van der Waals surface area contributed by atoms with Gasteiger partial charge in [-0.15, -0.1) is 0 Å². The van der Waals surface area contributed by atoms with E-state index in [1.54, 1.807) is 0 Å². The molecule has 0 aliphatic heterocycles. The van der Waals surface area contributed by atoms with E-state index in [-0.39, 0.29) is 7.43 Å². The van der Waals surface area contributed by atoms with Gasteiger partial charge in [-0.05, 0) is 0 Å². The van der Waals surface area contributed by atoms with Crippen LogP contribution in [0.1, 0.15) is 7.43 Å². The molecule has 12 heavy (non-hydrogen) atoms. The van der Waals surface area contributed by atoms with E-state index in [1.165, 1.54) is 0 Å². The Labute approximate surface area is 67.7 Å². The van der Waals surface area contributed by atoms with Crippen molar-refractivity contribution >= 4 is 15.6 Å². The fourth-order valence-corrected chi connectivity index (χ4v) is 0.441. The molecule has 0 radical (unpaired) electrons. The van der Waals surface area contributed by atoms with E-state index < -0.39 is 15.6 Å². The molecule has 0 atom stereocenters. The Morgan fingerprint density at radius 3 is 1.33 bits per heavy atom. The van der Waals surface area contributed by atoms with Crippen molar-refractivity contribution in [2.24, 2.45) is 0 Å². The topological polar surface area (TPSA) is 146 Å². The second-order valence-electron chi connectivity index (χ2n) is 1.25. The average Bonchev–Trinajstić information content (AvgIpc) is 1.55. The summed E-state index contributed by atoms with van der Waals surface area (Å²) in [5, 5.41) is 0. The van der Waals surface area contributed by atoms with Crippen molar-refractivity contribution in [2.45, 2.75) is 7.43 Å². The third-order valence-electron chi connectivity index (χ3n) is 0.312. The smallest absolute Gasteiger partial charge is 0.302 e. The molecule has 0 aliphatic carbocycles. The standard InChI is InChI=1S/CH4.H5NO8P2/c;2-10(3,4)8-1-9-11(5,6)7/h1H4;1H,(H2,2,3,4)(H2,5,6,7). The molecule has 9 nitrogen and oxygen atoms in total. The Kier molecular flexibility index (Phi) is 6.16. The highest BCUT2D eigenvalue weighted by molar-refractivity contribution is 7.46. The number of rotatable bonds is 4. The van der Waals surface area contributed by atoms with Crippen molar-refractivity contribution in [3.05, 3.63) is 0 Å². The van der Waals surface area contributed by atoms with Gasteiger partial charge in [-0.25, -0.2) is 9.13 Å². The summed E-state index contributed by atoms with van der Waals surface area (Å²) in [6.45, 7) is 0. The molecule has 0 rings (SSSR count). The molecule has 0 aromatic carbocycles. The third-order valence-corrected chi connectivity index (χ3v) is 0.937. The first-order valence-corrected chi connectivity index (χ1v) is 5.00. The Balaban J connectivity index is 0. The van der Waals surface area contributed by atoms with E-state index in [1.807, 2.05) is 0 Å². The second kappa shape index (κ2) is 5.03. The molecule has 0 aliphatic rings. The summed E-state index contributed by atoms with van der Waals surface area (Å²) in [5.74, 6) is 0. The SMILES string of the molecule is C.O=P(O)(O)ONOP(=O)(O)O. The molecule has 0 fully saturated rings. The molecule has 0 heterocycles. The fraction of sp³-hybridized carbons (Fsp3) is 1.00. The largest absolute Gasteiger partial charge is 0.488 e. The number of nitrogens with one attached hydrogen (secondary N) is 1. The Bertz CT molecular complexity index is 179. The molecule has 0 aromatic rings. The van der Waals surface area contributed by atoms with Crippen LogP contribution in [0.25, 0.3) is 0 Å². The highest BCUT2D eigenvalue weighted by Crippen LogP contribution is 2.38. The summed E-state index contributed by atoms with van der Waals surface area (Å²) in [4.78, 5) is 31.6. The molecule has 0 bridgehead atoms. The minimum atomic E-state index is -4.83. The van der Waals surface area contributed by atoms with E-state index >= 15 is 0 Å². The van der Waals surface area contributed by atoms with Crippen LogP contribution in [-0.2, 0) is 18.4 Å². The van der Waals surface area contributed by atoms with Gasteiger partial charge in [0.15, 0.2) is 0 Å². The van der Waals surface area contributed by atoms with Crippen LogP contribution in [0.2, 0.25) is 0 Å². The number of phosphoric acid groups is 2. The molecule has 76 valence electrons. The fourth-order valence-electron chi connectivity index (χ4n) is 0.114. The van der Waals surface area contributed by atoms with Crippen LogP contribution in [-0.4, -0.2) is 19.6 Å². The van der Waals surface area contributed by atoms with Gasteiger partial charge in [0.1, 0.15) is 0 Å². The molecule has 0 spiro atoms. The molecular weight excluding hydrogens is 216 g/mol. The first kappa shape index (κ1) is 14.7. The van der Waals surface area contributed by atoms with Gasteiger partial charge in [0.25, 0.3) is 0 Å². The zero-order valence-corrected chi connectivity index (χ0v) is 6.61. The molecule has 0 unspecified atom stereocenters. The van der Waals surface area contributed by atoms with Gasteiger partial charge in [-0.1, -0.05) is 13.1 Å². The molecule has 0 saturated carbocycles. The number of hydrogen-bond acceptors (Lipinski definition) is 5. The van der Waals surface area contributed by atoms with E-state index in [0.29, 0.717) is 0 Å². The van der Waals surface area contributed by atoms with Gasteiger partial charge in [0.05, 0.1) is 0 Å². The van der Waals surface area contributed by atoms with E-state index in [9.17, 15) is 9.13 Å². The van der Waals surface area contributed by atoms with Crippen LogP contribution in [0, 0.1) is 0 Å². The maximum Gasteiger partial charge on any atom is 0.488 e. The highest BCUT2D eigenvalue weighted by atomic mass is 31.2. The van der Waals surface area contributed by atoms with Crippen molar-refractivity contribution in [3.8, 4) is 0 Å². The van der Waals surface area contributed by atoms with E-state index in [4.69, 9.17) is 19.6 Å². The van der Waals surface area contributed by atoms with Crippen LogP contribution >= 0.6 is 15.6 Å². The minimum absolute atomic E-state index is 0. The summed E-state index contributed by atoms with van der Waals surface area (Å²) >= 11 is 0. The molecule has 0 saturated heterocycles. The van der Waals surface area contributed by atoms with Crippen LogP contribution in [0.15, 0.2) is 0 Å². The lowest BCUT2D eigenvalue weighted by Crippen LogP contribution is -2.11. The second-order valence-corrected chi connectivity index (χ2v) is 3.57. The molecule has 0 aromatic heterocycles. The van der Waals surface area contributed by atoms with E-state index in [2.05, 4.69) is 9.25 Å². The van der Waals surface area contributed by atoms with Crippen LogP contribution in [0.4, 0.5) is 0 Å². The molecular formula is CH9NO8P2.